The number of benzene rings is 1. The number of nitrogens with zero attached hydrogens (tertiary/aromatic N) is 1. The number of rotatable bonds is 2. The van der Waals surface area contributed by atoms with E-state index in [1.165, 1.54) is 0 Å². The Morgan fingerprint density at radius 2 is 1.96 bits per heavy atom. The first-order valence-electron chi connectivity index (χ1n) is 7.75. The van der Waals surface area contributed by atoms with Gasteiger partial charge in [0.15, 0.2) is 0 Å². The third-order valence-corrected chi connectivity index (χ3v) is 4.63. The summed E-state index contributed by atoms with van der Waals surface area (Å²) < 4.78 is 5.80. The lowest BCUT2D eigenvalue weighted by molar-refractivity contribution is -0.111. The van der Waals surface area contributed by atoms with E-state index >= 15 is 0 Å². The number of ketones is 1. The van der Waals surface area contributed by atoms with Crippen LogP contribution in [0.25, 0.3) is 0 Å². The highest BCUT2D eigenvalue weighted by atomic mass is 35.5. The van der Waals surface area contributed by atoms with Crippen LogP contribution < -0.4 is 4.74 Å². The van der Waals surface area contributed by atoms with E-state index in [0.717, 1.165) is 28.3 Å². The van der Waals surface area contributed by atoms with Crippen molar-refractivity contribution in [2.75, 3.05) is 0 Å². The Labute approximate surface area is 141 Å². The molecule has 4 heteroatoms. The fraction of sp³-hybridized carbons (Fsp3) is 0.368. The average Bonchev–Trinajstić information content (AvgIpc) is 2.44. The summed E-state index contributed by atoms with van der Waals surface area (Å²) in [7, 11) is 0. The van der Waals surface area contributed by atoms with Crippen LogP contribution in [-0.4, -0.2) is 17.6 Å². The van der Waals surface area contributed by atoms with E-state index in [2.05, 4.69) is 13.8 Å². The van der Waals surface area contributed by atoms with Crippen LogP contribution in [-0.2, 0) is 10.2 Å². The molecule has 1 aromatic carbocycles. The zero-order valence-electron chi connectivity index (χ0n) is 14.0. The van der Waals surface area contributed by atoms with Crippen molar-refractivity contribution in [1.29, 1.82) is 0 Å². The van der Waals surface area contributed by atoms with Crippen LogP contribution in [0.4, 0.5) is 5.69 Å². The zero-order valence-corrected chi connectivity index (χ0v) is 14.8. The molecule has 120 valence electrons. The van der Waals surface area contributed by atoms with Crippen LogP contribution in [0, 0.1) is 0 Å². The highest BCUT2D eigenvalue weighted by Gasteiger charge is 2.40. The number of carbonyl (C=O) groups excluding carboxylic acids is 1. The van der Waals surface area contributed by atoms with Crippen molar-refractivity contribution in [3.63, 3.8) is 0 Å². The molecule has 0 aromatic heterocycles. The van der Waals surface area contributed by atoms with Gasteiger partial charge in [-0.15, -0.1) is 0 Å². The molecule has 3 rings (SSSR count). The van der Waals surface area contributed by atoms with Crippen molar-refractivity contribution in [2.24, 2.45) is 4.99 Å². The van der Waals surface area contributed by atoms with Gasteiger partial charge >= 0.3 is 0 Å². The zero-order chi connectivity index (χ0) is 16.9. The monoisotopic (exact) mass is 329 g/mol. The number of aliphatic imine (C=N–C) groups is 1. The Kier molecular flexibility index (Phi) is 3.72. The Morgan fingerprint density at radius 1 is 1.26 bits per heavy atom. The van der Waals surface area contributed by atoms with E-state index in [4.69, 9.17) is 21.3 Å². The van der Waals surface area contributed by atoms with E-state index in [-0.39, 0.29) is 16.9 Å². The number of halogens is 1. The van der Waals surface area contributed by atoms with E-state index in [1.807, 2.05) is 38.1 Å². The van der Waals surface area contributed by atoms with Crippen LogP contribution in [0.1, 0.15) is 40.2 Å². The van der Waals surface area contributed by atoms with E-state index in [9.17, 15) is 4.79 Å². The second-order valence-corrected chi connectivity index (χ2v) is 7.19. The van der Waals surface area contributed by atoms with Crippen molar-refractivity contribution < 1.29 is 9.53 Å². The summed E-state index contributed by atoms with van der Waals surface area (Å²) in [6.07, 6.45) is 1.93. The summed E-state index contributed by atoms with van der Waals surface area (Å²) >= 11 is 6.39. The van der Waals surface area contributed by atoms with Gasteiger partial charge < -0.3 is 4.74 Å². The Morgan fingerprint density at radius 3 is 2.61 bits per heavy atom. The van der Waals surface area contributed by atoms with Crippen LogP contribution in [0.5, 0.6) is 5.75 Å². The predicted octanol–water partition coefficient (Wildman–Crippen LogP) is 4.86. The van der Waals surface area contributed by atoms with Crippen LogP contribution in [0.15, 0.2) is 45.4 Å². The first kappa shape index (κ1) is 16.0. The maximum Gasteiger partial charge on any atom is 0.200 e. The summed E-state index contributed by atoms with van der Waals surface area (Å²) in [6, 6.07) is 5.90. The number of Topliss-reactive ketones (excluding diaryl/α,β-unsaturated/α-hetero) is 1. The lowest BCUT2D eigenvalue weighted by Gasteiger charge is -2.36. The average molecular weight is 330 g/mol. The van der Waals surface area contributed by atoms with Gasteiger partial charge in [-0.2, -0.15) is 0 Å². The Bertz CT molecular complexity index is 798. The molecule has 0 saturated carbocycles. The van der Waals surface area contributed by atoms with Crippen LogP contribution in [0.2, 0.25) is 0 Å². The van der Waals surface area contributed by atoms with Crippen molar-refractivity contribution >= 4 is 28.8 Å². The molecule has 2 aliphatic rings. The van der Waals surface area contributed by atoms with Crippen LogP contribution in [0.3, 0.4) is 0 Å². The molecule has 0 bridgehead atoms. The molecule has 0 atom stereocenters. The minimum absolute atomic E-state index is 0.100. The molecular weight excluding hydrogens is 310 g/mol. The van der Waals surface area contributed by atoms with Gasteiger partial charge in [0, 0.05) is 16.6 Å². The van der Waals surface area contributed by atoms with Gasteiger partial charge in [-0.3, -0.25) is 4.79 Å². The second-order valence-electron chi connectivity index (χ2n) is 6.81. The highest BCUT2D eigenvalue weighted by Crippen LogP contribution is 2.47. The molecule has 0 unspecified atom stereocenters. The number of ether oxygens (including phenoxy) is 1. The third-order valence-electron chi connectivity index (χ3n) is 4.27. The smallest absolute Gasteiger partial charge is 0.200 e. The first-order chi connectivity index (χ1) is 10.7. The molecule has 0 fully saturated rings. The van der Waals surface area contributed by atoms with Crippen molar-refractivity contribution in [2.45, 2.75) is 46.1 Å². The second kappa shape index (κ2) is 5.34. The van der Waals surface area contributed by atoms with Gasteiger partial charge in [0.2, 0.25) is 5.78 Å². The first-order valence-corrected chi connectivity index (χ1v) is 8.13. The van der Waals surface area contributed by atoms with Gasteiger partial charge in [-0.1, -0.05) is 25.4 Å². The fourth-order valence-electron chi connectivity index (χ4n) is 3.15. The summed E-state index contributed by atoms with van der Waals surface area (Å²) in [6.45, 7) is 9.89. The Balaban J connectivity index is 2.22. The SMILES string of the molecule is CC1=CC2=Nc3ccc(OC(C)C)cc3C(C)(C)C2=C(Cl)C1=O. The minimum atomic E-state index is -0.410. The van der Waals surface area contributed by atoms with Crippen molar-refractivity contribution in [1.82, 2.24) is 0 Å². The number of allylic oxidation sites excluding steroid dienone is 4. The number of hydrogen-bond donors (Lipinski definition) is 0. The molecular formula is C19H20ClNO2. The quantitative estimate of drug-likeness (QED) is 0.727. The van der Waals surface area contributed by atoms with E-state index < -0.39 is 5.41 Å². The molecule has 1 aromatic rings. The predicted molar refractivity (Wildman–Crippen MR) is 94.0 cm³/mol. The van der Waals surface area contributed by atoms with E-state index in [1.54, 1.807) is 6.92 Å². The summed E-state index contributed by atoms with van der Waals surface area (Å²) in [5.74, 6) is 0.683. The molecule has 0 radical (unpaired) electrons. The summed E-state index contributed by atoms with van der Waals surface area (Å²) in [5, 5.41) is 0.273. The van der Waals surface area contributed by atoms with Crippen LogP contribution >= 0.6 is 11.6 Å². The topological polar surface area (TPSA) is 38.7 Å². The lowest BCUT2D eigenvalue weighted by atomic mass is 9.71. The standard InChI is InChI=1S/C19H20ClNO2/c1-10(2)23-12-6-7-14-13(9-12)19(4,5)16-15(21-14)8-11(3)18(22)17(16)20/h6-10H,1-5H3. The maximum atomic E-state index is 12.3. The van der Waals surface area contributed by atoms with Gasteiger partial charge in [-0.25, -0.2) is 4.99 Å². The van der Waals surface area contributed by atoms with E-state index in [0.29, 0.717) is 5.57 Å². The molecule has 3 nitrogen and oxygen atoms in total. The molecule has 23 heavy (non-hydrogen) atoms. The van der Waals surface area contributed by atoms with Crippen molar-refractivity contribution in [3.05, 3.63) is 46.0 Å². The molecule has 0 N–H and O–H groups in total. The van der Waals surface area contributed by atoms with Crippen molar-refractivity contribution in [3.8, 4) is 5.75 Å². The number of carbonyl (C=O) groups is 1. The third kappa shape index (κ3) is 2.53. The normalized spacial score (nSPS) is 19.2. The molecule has 0 amide bonds. The summed E-state index contributed by atoms with van der Waals surface area (Å²) in [5.41, 5.74) is 3.70. The van der Waals surface area contributed by atoms with Gasteiger partial charge in [0.05, 0.1) is 22.5 Å². The molecule has 1 heterocycles. The van der Waals surface area contributed by atoms with Gasteiger partial charge in [-0.05, 0) is 50.6 Å². The molecule has 0 saturated heterocycles. The Hall–Kier alpha value is -1.87. The van der Waals surface area contributed by atoms with Gasteiger partial charge in [0.1, 0.15) is 5.75 Å². The summed E-state index contributed by atoms with van der Waals surface area (Å²) in [4.78, 5) is 17.0. The molecule has 1 aliphatic carbocycles. The molecule has 1 aliphatic heterocycles. The maximum absolute atomic E-state index is 12.3. The largest absolute Gasteiger partial charge is 0.491 e. The minimum Gasteiger partial charge on any atom is -0.491 e. The lowest BCUT2D eigenvalue weighted by Crippen LogP contribution is -2.33. The van der Waals surface area contributed by atoms with Gasteiger partial charge in [0.25, 0.3) is 0 Å². The highest BCUT2D eigenvalue weighted by molar-refractivity contribution is 6.49. The molecule has 0 spiro atoms. The number of fused-ring (bicyclic) bond motifs is 2. The number of hydrogen-bond acceptors (Lipinski definition) is 3. The fourth-order valence-corrected chi connectivity index (χ4v) is 3.63.